The highest BCUT2D eigenvalue weighted by Crippen LogP contribution is 2.38. The third-order valence-corrected chi connectivity index (χ3v) is 2.57. The number of carboxylic acid groups (broad SMARTS) is 1. The van der Waals surface area contributed by atoms with Crippen LogP contribution in [0.2, 0.25) is 0 Å². The number of hydrogen-bond donors (Lipinski definition) is 2. The van der Waals surface area contributed by atoms with Crippen molar-refractivity contribution in [3.8, 4) is 0 Å². The first-order valence-electron chi connectivity index (χ1n) is 4.01. The molecule has 0 aliphatic carbocycles. The van der Waals surface area contributed by atoms with Crippen molar-refractivity contribution in [3.63, 3.8) is 0 Å². The number of aromatic amines is 1. The topological polar surface area (TPSA) is 69.2 Å². The first kappa shape index (κ1) is 10.3. The summed E-state index contributed by atoms with van der Waals surface area (Å²) >= 11 is 2.19. The number of nitrogens with one attached hydrogen (secondary N) is 1. The van der Waals surface area contributed by atoms with E-state index < -0.39 is 16.6 Å². The van der Waals surface area contributed by atoms with Crippen LogP contribution in [0.5, 0.6) is 0 Å². The molecule has 82 valence electrons. The Morgan fingerprint density at radius 1 is 1.60 bits per heavy atom. The zero-order valence-electron chi connectivity index (χ0n) is 7.30. The Bertz CT molecular complexity index is 415. The molecule has 0 fully saturated rings. The molecule has 8 heteroatoms. The minimum absolute atomic E-state index is 0.0578. The number of rotatable bonds is 1. The van der Waals surface area contributed by atoms with E-state index in [0.29, 0.717) is 5.69 Å². The summed E-state index contributed by atoms with van der Waals surface area (Å²) < 4.78 is 25.9. The second-order valence-corrected chi connectivity index (χ2v) is 4.16. The van der Waals surface area contributed by atoms with E-state index in [4.69, 9.17) is 5.11 Å². The monoisotopic (exact) mass is 281 g/mol. The first-order valence-corrected chi connectivity index (χ1v) is 4.80. The van der Waals surface area contributed by atoms with Crippen molar-refractivity contribution in [1.82, 2.24) is 15.1 Å². The lowest BCUT2D eigenvalue weighted by Crippen LogP contribution is -2.24. The Morgan fingerprint density at radius 3 is 2.80 bits per heavy atom. The standard InChI is InChI=1S/C7H6BrF2N3O2/c8-7(9,10)5-3-1-13(6(14)15)2-4(3)11-12-5/h1-2H2,(H,11,12)(H,14,15). The number of alkyl halides is 3. The number of amides is 1. The van der Waals surface area contributed by atoms with Crippen LogP contribution in [0.4, 0.5) is 13.6 Å². The van der Waals surface area contributed by atoms with Crippen molar-refractivity contribution >= 4 is 22.0 Å². The number of carbonyl (C=O) groups is 1. The molecule has 0 atom stereocenters. The van der Waals surface area contributed by atoms with E-state index in [1.54, 1.807) is 0 Å². The van der Waals surface area contributed by atoms with Crippen molar-refractivity contribution in [1.29, 1.82) is 0 Å². The van der Waals surface area contributed by atoms with Gasteiger partial charge in [0.1, 0.15) is 5.69 Å². The van der Waals surface area contributed by atoms with E-state index in [0.717, 1.165) is 4.90 Å². The number of halogens is 3. The Labute approximate surface area is 91.2 Å². The molecule has 5 nitrogen and oxygen atoms in total. The fourth-order valence-electron chi connectivity index (χ4n) is 1.51. The third-order valence-electron chi connectivity index (χ3n) is 2.19. The van der Waals surface area contributed by atoms with Gasteiger partial charge in [0.05, 0.1) is 18.8 Å². The summed E-state index contributed by atoms with van der Waals surface area (Å²) in [6.07, 6.45) is -1.14. The molecular formula is C7H6BrF2N3O2. The fourth-order valence-corrected chi connectivity index (χ4v) is 1.84. The van der Waals surface area contributed by atoms with E-state index in [-0.39, 0.29) is 18.7 Å². The molecule has 0 unspecified atom stereocenters. The van der Waals surface area contributed by atoms with Crippen LogP contribution in [-0.2, 0) is 17.9 Å². The third kappa shape index (κ3) is 1.69. The van der Waals surface area contributed by atoms with Gasteiger partial charge in [0.15, 0.2) is 0 Å². The van der Waals surface area contributed by atoms with E-state index in [2.05, 4.69) is 26.1 Å². The molecule has 0 saturated heterocycles. The average Bonchev–Trinajstić information content (AvgIpc) is 2.56. The van der Waals surface area contributed by atoms with Crippen molar-refractivity contribution < 1.29 is 18.7 Å². The SMILES string of the molecule is O=C(O)N1Cc2[nH]nc(C(F)(F)Br)c2C1. The molecule has 0 saturated carbocycles. The minimum Gasteiger partial charge on any atom is -0.465 e. The zero-order chi connectivity index (χ0) is 11.2. The predicted octanol–water partition coefficient (Wildman–Crippen LogP) is 1.85. The molecule has 0 bridgehead atoms. The van der Waals surface area contributed by atoms with Crippen LogP contribution in [0.3, 0.4) is 0 Å². The number of aromatic nitrogens is 2. The Morgan fingerprint density at radius 2 is 2.27 bits per heavy atom. The predicted molar refractivity (Wildman–Crippen MR) is 48.7 cm³/mol. The summed E-state index contributed by atoms with van der Waals surface area (Å²) in [6, 6.07) is 0. The highest BCUT2D eigenvalue weighted by molar-refractivity contribution is 9.09. The summed E-state index contributed by atoms with van der Waals surface area (Å²) in [5.41, 5.74) is 0.229. The molecule has 1 aromatic rings. The van der Waals surface area contributed by atoms with Gasteiger partial charge in [-0.15, -0.1) is 0 Å². The molecule has 2 heterocycles. The van der Waals surface area contributed by atoms with Gasteiger partial charge in [0.25, 0.3) is 0 Å². The van der Waals surface area contributed by atoms with Crippen LogP contribution >= 0.6 is 15.9 Å². The Balaban J connectivity index is 2.33. The molecule has 15 heavy (non-hydrogen) atoms. The molecule has 0 radical (unpaired) electrons. The molecular weight excluding hydrogens is 276 g/mol. The molecule has 1 aromatic heterocycles. The summed E-state index contributed by atoms with van der Waals surface area (Å²) in [4.78, 5) is 8.42. The summed E-state index contributed by atoms with van der Waals surface area (Å²) in [5.74, 6) is 0. The summed E-state index contributed by atoms with van der Waals surface area (Å²) in [5, 5.41) is 14.6. The van der Waals surface area contributed by atoms with Gasteiger partial charge in [0, 0.05) is 5.56 Å². The molecule has 2 N–H and O–H groups in total. The lowest BCUT2D eigenvalue weighted by Gasteiger charge is -2.11. The van der Waals surface area contributed by atoms with Crippen LogP contribution in [0.25, 0.3) is 0 Å². The minimum atomic E-state index is -3.23. The van der Waals surface area contributed by atoms with Crippen molar-refractivity contribution in [2.75, 3.05) is 0 Å². The van der Waals surface area contributed by atoms with Gasteiger partial charge >= 0.3 is 10.9 Å². The normalized spacial score (nSPS) is 15.5. The maximum atomic E-state index is 12.9. The lowest BCUT2D eigenvalue weighted by atomic mass is 10.2. The van der Waals surface area contributed by atoms with Gasteiger partial charge in [-0.2, -0.15) is 13.9 Å². The highest BCUT2D eigenvalue weighted by Gasteiger charge is 2.38. The summed E-state index contributed by atoms with van der Waals surface area (Å²) in [7, 11) is 0. The van der Waals surface area contributed by atoms with Crippen molar-refractivity contribution in [3.05, 3.63) is 17.0 Å². The van der Waals surface area contributed by atoms with Gasteiger partial charge in [-0.05, 0) is 15.9 Å². The first-order chi connectivity index (χ1) is 6.89. The van der Waals surface area contributed by atoms with Crippen LogP contribution < -0.4 is 0 Å². The molecule has 1 aliphatic heterocycles. The molecule has 1 aliphatic rings. The summed E-state index contributed by atoms with van der Waals surface area (Å²) in [6.45, 7) is 0.0123. The van der Waals surface area contributed by atoms with E-state index in [1.807, 2.05) is 0 Å². The van der Waals surface area contributed by atoms with Crippen LogP contribution in [0.1, 0.15) is 17.0 Å². The van der Waals surface area contributed by atoms with Gasteiger partial charge in [-0.25, -0.2) is 4.79 Å². The molecule has 2 rings (SSSR count). The van der Waals surface area contributed by atoms with Crippen molar-refractivity contribution in [2.45, 2.75) is 17.9 Å². The van der Waals surface area contributed by atoms with Crippen LogP contribution in [0, 0.1) is 0 Å². The smallest absolute Gasteiger partial charge is 0.407 e. The van der Waals surface area contributed by atoms with Gasteiger partial charge in [-0.1, -0.05) is 0 Å². The zero-order valence-corrected chi connectivity index (χ0v) is 8.88. The quantitative estimate of drug-likeness (QED) is 0.772. The largest absolute Gasteiger partial charge is 0.465 e. The van der Waals surface area contributed by atoms with Gasteiger partial charge in [0.2, 0.25) is 0 Å². The Hall–Kier alpha value is -1.18. The lowest BCUT2D eigenvalue weighted by molar-refractivity contribution is 0.106. The number of H-pyrrole nitrogens is 1. The van der Waals surface area contributed by atoms with Gasteiger partial charge < -0.3 is 5.11 Å². The number of hydrogen-bond acceptors (Lipinski definition) is 2. The highest BCUT2D eigenvalue weighted by atomic mass is 79.9. The molecule has 1 amide bonds. The molecule has 0 spiro atoms. The number of fused-ring (bicyclic) bond motifs is 1. The maximum absolute atomic E-state index is 12.9. The van der Waals surface area contributed by atoms with Crippen molar-refractivity contribution in [2.24, 2.45) is 0 Å². The van der Waals surface area contributed by atoms with E-state index >= 15 is 0 Å². The second kappa shape index (κ2) is 3.16. The Kier molecular flexibility index (Phi) is 2.18. The fraction of sp³-hybridized carbons (Fsp3) is 0.429. The maximum Gasteiger partial charge on any atom is 0.407 e. The van der Waals surface area contributed by atoms with E-state index in [9.17, 15) is 13.6 Å². The van der Waals surface area contributed by atoms with Crippen LogP contribution in [-0.4, -0.2) is 26.3 Å². The molecule has 0 aromatic carbocycles. The second-order valence-electron chi connectivity index (χ2n) is 3.17. The van der Waals surface area contributed by atoms with Crippen LogP contribution in [0.15, 0.2) is 0 Å². The van der Waals surface area contributed by atoms with Gasteiger partial charge in [-0.3, -0.25) is 10.00 Å². The average molecular weight is 282 g/mol. The van der Waals surface area contributed by atoms with E-state index in [1.165, 1.54) is 0 Å². The number of nitrogens with zero attached hydrogens (tertiary/aromatic N) is 2.